The van der Waals surface area contributed by atoms with Gasteiger partial charge in [0.15, 0.2) is 0 Å². The van der Waals surface area contributed by atoms with Crippen molar-refractivity contribution < 1.29 is 9.53 Å². The maximum atomic E-state index is 12.8. The van der Waals surface area contributed by atoms with Crippen molar-refractivity contribution in [2.75, 3.05) is 19.6 Å². The SMILES string of the molecule is CCNC1CCN(C(=O)C2C(C)OC(C)C2C)CC1C. The second-order valence-electron chi connectivity index (χ2n) is 6.65. The van der Waals surface area contributed by atoms with Crippen LogP contribution in [0.5, 0.6) is 0 Å². The summed E-state index contributed by atoms with van der Waals surface area (Å²) in [5.74, 6) is 1.18. The van der Waals surface area contributed by atoms with Crippen molar-refractivity contribution in [2.24, 2.45) is 17.8 Å². The van der Waals surface area contributed by atoms with Crippen LogP contribution in [0.4, 0.5) is 0 Å². The monoisotopic (exact) mass is 282 g/mol. The predicted molar refractivity (Wildman–Crippen MR) is 80.5 cm³/mol. The number of rotatable bonds is 3. The third-order valence-corrected chi connectivity index (χ3v) is 5.21. The lowest BCUT2D eigenvalue weighted by Crippen LogP contribution is -2.52. The summed E-state index contributed by atoms with van der Waals surface area (Å²) in [6.45, 7) is 13.4. The molecule has 2 fully saturated rings. The Kier molecular flexibility index (Phi) is 5.08. The van der Waals surface area contributed by atoms with Gasteiger partial charge in [-0.3, -0.25) is 4.79 Å². The van der Waals surface area contributed by atoms with E-state index in [9.17, 15) is 4.79 Å². The van der Waals surface area contributed by atoms with Crippen LogP contribution in [0.25, 0.3) is 0 Å². The second kappa shape index (κ2) is 6.44. The summed E-state index contributed by atoms with van der Waals surface area (Å²) >= 11 is 0. The first-order valence-electron chi connectivity index (χ1n) is 8.13. The van der Waals surface area contributed by atoms with Gasteiger partial charge in [0, 0.05) is 19.1 Å². The lowest BCUT2D eigenvalue weighted by molar-refractivity contribution is -0.140. The van der Waals surface area contributed by atoms with Crippen molar-refractivity contribution in [3.63, 3.8) is 0 Å². The fourth-order valence-electron chi connectivity index (χ4n) is 3.81. The van der Waals surface area contributed by atoms with Gasteiger partial charge in [-0.25, -0.2) is 0 Å². The topological polar surface area (TPSA) is 41.6 Å². The molecule has 0 spiro atoms. The summed E-state index contributed by atoms with van der Waals surface area (Å²) in [7, 11) is 0. The number of hydrogen-bond donors (Lipinski definition) is 1. The molecule has 0 aromatic heterocycles. The van der Waals surface area contributed by atoms with Crippen LogP contribution in [0.1, 0.15) is 41.0 Å². The van der Waals surface area contributed by atoms with Gasteiger partial charge in [-0.1, -0.05) is 20.8 Å². The molecule has 2 saturated heterocycles. The zero-order valence-corrected chi connectivity index (χ0v) is 13.6. The molecule has 0 saturated carbocycles. The Bertz CT molecular complexity index is 347. The van der Waals surface area contributed by atoms with Crippen LogP contribution < -0.4 is 5.32 Å². The Hall–Kier alpha value is -0.610. The fraction of sp³-hybridized carbons (Fsp3) is 0.938. The summed E-state index contributed by atoms with van der Waals surface area (Å²) in [6, 6.07) is 0.553. The van der Waals surface area contributed by atoms with E-state index in [-0.39, 0.29) is 18.1 Å². The predicted octanol–water partition coefficient (Wildman–Crippen LogP) is 1.89. The van der Waals surface area contributed by atoms with Gasteiger partial charge in [-0.15, -0.1) is 0 Å². The molecule has 4 nitrogen and oxygen atoms in total. The first-order chi connectivity index (χ1) is 9.45. The summed E-state index contributed by atoms with van der Waals surface area (Å²) in [6.07, 6.45) is 1.30. The van der Waals surface area contributed by atoms with Gasteiger partial charge in [0.25, 0.3) is 0 Å². The summed E-state index contributed by atoms with van der Waals surface area (Å²) in [5.41, 5.74) is 0. The first-order valence-corrected chi connectivity index (χ1v) is 8.13. The molecule has 116 valence electrons. The maximum absolute atomic E-state index is 12.8. The van der Waals surface area contributed by atoms with E-state index in [0.29, 0.717) is 23.8 Å². The molecule has 0 aromatic rings. The summed E-state index contributed by atoms with van der Waals surface area (Å²) < 4.78 is 5.82. The minimum absolute atomic E-state index is 0.0351. The number of nitrogens with zero attached hydrogens (tertiary/aromatic N) is 1. The van der Waals surface area contributed by atoms with E-state index >= 15 is 0 Å². The molecular formula is C16H30N2O2. The third kappa shape index (κ3) is 3.01. The maximum Gasteiger partial charge on any atom is 0.228 e. The molecule has 1 N–H and O–H groups in total. The van der Waals surface area contributed by atoms with Crippen molar-refractivity contribution in [1.82, 2.24) is 10.2 Å². The van der Waals surface area contributed by atoms with Gasteiger partial charge < -0.3 is 15.0 Å². The van der Waals surface area contributed by atoms with E-state index in [0.717, 1.165) is 26.1 Å². The number of nitrogens with one attached hydrogen (secondary N) is 1. The van der Waals surface area contributed by atoms with Crippen molar-refractivity contribution in [1.29, 1.82) is 0 Å². The van der Waals surface area contributed by atoms with Crippen LogP contribution in [0, 0.1) is 17.8 Å². The molecule has 2 rings (SSSR count). The van der Waals surface area contributed by atoms with Crippen LogP contribution >= 0.6 is 0 Å². The molecule has 2 aliphatic rings. The molecule has 2 heterocycles. The van der Waals surface area contributed by atoms with Crippen LogP contribution in [-0.2, 0) is 9.53 Å². The molecule has 0 radical (unpaired) electrons. The van der Waals surface area contributed by atoms with Gasteiger partial charge in [0.05, 0.1) is 18.1 Å². The number of ether oxygens (including phenoxy) is 1. The van der Waals surface area contributed by atoms with Crippen LogP contribution in [0.2, 0.25) is 0 Å². The van der Waals surface area contributed by atoms with Crippen LogP contribution in [0.3, 0.4) is 0 Å². The zero-order valence-electron chi connectivity index (χ0n) is 13.6. The van der Waals surface area contributed by atoms with Gasteiger partial charge in [-0.05, 0) is 38.6 Å². The highest BCUT2D eigenvalue weighted by atomic mass is 16.5. The Balaban J connectivity index is 1.97. The summed E-state index contributed by atoms with van der Waals surface area (Å²) in [4.78, 5) is 14.9. The molecule has 2 aliphatic heterocycles. The number of hydrogen-bond acceptors (Lipinski definition) is 3. The molecule has 6 unspecified atom stereocenters. The van der Waals surface area contributed by atoms with Gasteiger partial charge in [0.1, 0.15) is 0 Å². The van der Waals surface area contributed by atoms with Crippen molar-refractivity contribution in [3.05, 3.63) is 0 Å². The van der Waals surface area contributed by atoms with E-state index in [2.05, 4.69) is 37.9 Å². The molecule has 1 amide bonds. The van der Waals surface area contributed by atoms with Crippen molar-refractivity contribution in [3.8, 4) is 0 Å². The van der Waals surface area contributed by atoms with E-state index in [1.807, 2.05) is 6.92 Å². The average Bonchev–Trinajstić information content (AvgIpc) is 2.65. The highest BCUT2D eigenvalue weighted by molar-refractivity contribution is 5.80. The van der Waals surface area contributed by atoms with Crippen molar-refractivity contribution >= 4 is 5.91 Å². The molecular weight excluding hydrogens is 252 g/mol. The minimum atomic E-state index is 0.0351. The number of amides is 1. The van der Waals surface area contributed by atoms with Crippen LogP contribution in [0.15, 0.2) is 0 Å². The number of likely N-dealkylation sites (tertiary alicyclic amines) is 1. The standard InChI is InChI=1S/C16H30N2O2/c1-6-17-14-7-8-18(9-10(14)2)16(19)15-11(3)12(4)20-13(15)5/h10-15,17H,6-9H2,1-5H3. The largest absolute Gasteiger partial charge is 0.374 e. The minimum Gasteiger partial charge on any atom is -0.374 e. The third-order valence-electron chi connectivity index (χ3n) is 5.21. The smallest absolute Gasteiger partial charge is 0.228 e. The Labute approximate surface area is 123 Å². The van der Waals surface area contributed by atoms with E-state index in [4.69, 9.17) is 4.74 Å². The second-order valence-corrected chi connectivity index (χ2v) is 6.65. The lowest BCUT2D eigenvalue weighted by atomic mass is 9.86. The van der Waals surface area contributed by atoms with Gasteiger partial charge in [-0.2, -0.15) is 0 Å². The molecule has 4 heteroatoms. The Morgan fingerprint density at radius 2 is 1.95 bits per heavy atom. The quantitative estimate of drug-likeness (QED) is 0.859. The fourth-order valence-corrected chi connectivity index (χ4v) is 3.81. The Morgan fingerprint density at radius 1 is 1.25 bits per heavy atom. The molecule has 0 bridgehead atoms. The van der Waals surface area contributed by atoms with Crippen molar-refractivity contribution in [2.45, 2.75) is 59.3 Å². The molecule has 6 atom stereocenters. The Morgan fingerprint density at radius 3 is 2.45 bits per heavy atom. The molecule has 0 aromatic carbocycles. The van der Waals surface area contributed by atoms with E-state index in [1.54, 1.807) is 0 Å². The average molecular weight is 282 g/mol. The zero-order chi connectivity index (χ0) is 14.9. The van der Waals surface area contributed by atoms with Gasteiger partial charge >= 0.3 is 0 Å². The summed E-state index contributed by atoms with van der Waals surface area (Å²) in [5, 5.41) is 3.53. The highest BCUT2D eigenvalue weighted by Gasteiger charge is 2.44. The number of carbonyl (C=O) groups excluding carboxylic acids is 1. The number of piperidine rings is 1. The van der Waals surface area contributed by atoms with Crippen LogP contribution in [-0.4, -0.2) is 48.7 Å². The number of carbonyl (C=O) groups is 1. The normalized spacial score (nSPS) is 42.0. The van der Waals surface area contributed by atoms with E-state index < -0.39 is 0 Å². The lowest BCUT2D eigenvalue weighted by Gasteiger charge is -2.39. The molecule has 20 heavy (non-hydrogen) atoms. The van der Waals surface area contributed by atoms with E-state index in [1.165, 1.54) is 0 Å². The van der Waals surface area contributed by atoms with Gasteiger partial charge in [0.2, 0.25) is 5.91 Å². The highest BCUT2D eigenvalue weighted by Crippen LogP contribution is 2.34. The molecule has 0 aliphatic carbocycles. The first kappa shape index (κ1) is 15.8.